The van der Waals surface area contributed by atoms with Gasteiger partial charge in [-0.1, -0.05) is 48.2 Å². The number of anilines is 1. The fraction of sp³-hybridized carbons (Fsp3) is 0.0952. The van der Waals surface area contributed by atoms with Crippen LogP contribution in [0.4, 0.5) is 5.69 Å². The first-order valence-corrected chi connectivity index (χ1v) is 8.95. The van der Waals surface area contributed by atoms with E-state index in [0.29, 0.717) is 11.5 Å². The standard InChI is InChI=1S/C21H19NO3S/c1-24-16-8-7-9-17(14-16)25-15-21(23)22-19-12-5-6-13-20(19)26-18-10-3-2-4-11-18/h2-14H,15H2,1H3,(H,22,23). The van der Waals surface area contributed by atoms with Gasteiger partial charge in [-0.15, -0.1) is 0 Å². The number of methoxy groups -OCH3 is 1. The Hall–Kier alpha value is -2.92. The van der Waals surface area contributed by atoms with E-state index in [-0.39, 0.29) is 12.5 Å². The average Bonchev–Trinajstić information content (AvgIpc) is 2.69. The molecule has 0 heterocycles. The molecule has 132 valence electrons. The van der Waals surface area contributed by atoms with Crippen molar-refractivity contribution in [3.05, 3.63) is 78.9 Å². The molecule has 0 bridgehead atoms. The largest absolute Gasteiger partial charge is 0.497 e. The van der Waals surface area contributed by atoms with E-state index >= 15 is 0 Å². The van der Waals surface area contributed by atoms with Gasteiger partial charge in [-0.05, 0) is 36.4 Å². The number of hydrogen-bond acceptors (Lipinski definition) is 4. The van der Waals surface area contributed by atoms with Gasteiger partial charge in [-0.3, -0.25) is 4.79 Å². The van der Waals surface area contributed by atoms with E-state index in [4.69, 9.17) is 9.47 Å². The van der Waals surface area contributed by atoms with Gasteiger partial charge in [0.1, 0.15) is 11.5 Å². The lowest BCUT2D eigenvalue weighted by atomic mass is 10.3. The summed E-state index contributed by atoms with van der Waals surface area (Å²) in [6.45, 7) is -0.0719. The summed E-state index contributed by atoms with van der Waals surface area (Å²) in [5, 5.41) is 2.91. The third-order valence-corrected chi connectivity index (χ3v) is 4.63. The minimum atomic E-state index is -0.214. The SMILES string of the molecule is COc1cccc(OCC(=O)Nc2ccccc2Sc2ccccc2)c1. The van der Waals surface area contributed by atoms with Crippen molar-refractivity contribution in [1.82, 2.24) is 0 Å². The molecule has 3 aromatic carbocycles. The highest BCUT2D eigenvalue weighted by atomic mass is 32.2. The molecule has 4 nitrogen and oxygen atoms in total. The number of ether oxygens (including phenoxy) is 2. The highest BCUT2D eigenvalue weighted by molar-refractivity contribution is 7.99. The van der Waals surface area contributed by atoms with Gasteiger partial charge in [-0.25, -0.2) is 0 Å². The molecule has 0 radical (unpaired) electrons. The van der Waals surface area contributed by atoms with Crippen LogP contribution in [0.15, 0.2) is 88.7 Å². The van der Waals surface area contributed by atoms with Crippen molar-refractivity contribution in [2.45, 2.75) is 9.79 Å². The highest BCUT2D eigenvalue weighted by Gasteiger charge is 2.09. The Balaban J connectivity index is 1.62. The summed E-state index contributed by atoms with van der Waals surface area (Å²) < 4.78 is 10.7. The molecule has 0 unspecified atom stereocenters. The molecule has 5 heteroatoms. The Kier molecular flexibility index (Phi) is 6.17. The van der Waals surface area contributed by atoms with Gasteiger partial charge in [0.25, 0.3) is 5.91 Å². The molecule has 0 fully saturated rings. The third-order valence-electron chi connectivity index (χ3n) is 3.54. The van der Waals surface area contributed by atoms with Gasteiger partial charge in [0.15, 0.2) is 6.61 Å². The molecular formula is C21H19NO3S. The normalized spacial score (nSPS) is 10.2. The summed E-state index contributed by atoms with van der Waals surface area (Å²) in [6, 6.07) is 24.9. The fourth-order valence-corrected chi connectivity index (χ4v) is 3.22. The second-order valence-electron chi connectivity index (χ2n) is 5.43. The number of carbonyl (C=O) groups excluding carboxylic acids is 1. The summed E-state index contributed by atoms with van der Waals surface area (Å²) in [4.78, 5) is 14.4. The summed E-state index contributed by atoms with van der Waals surface area (Å²) >= 11 is 1.60. The van der Waals surface area contributed by atoms with Crippen molar-refractivity contribution in [3.8, 4) is 11.5 Å². The Labute approximate surface area is 157 Å². The van der Waals surface area contributed by atoms with Crippen LogP contribution in [0, 0.1) is 0 Å². The Bertz CT molecular complexity index is 868. The number of hydrogen-bond donors (Lipinski definition) is 1. The zero-order valence-corrected chi connectivity index (χ0v) is 15.2. The predicted octanol–water partition coefficient (Wildman–Crippen LogP) is 4.86. The molecule has 0 saturated carbocycles. The molecule has 3 rings (SSSR count). The minimum absolute atomic E-state index is 0.0719. The monoisotopic (exact) mass is 365 g/mol. The van der Waals surface area contributed by atoms with Crippen molar-refractivity contribution in [2.75, 3.05) is 19.0 Å². The van der Waals surface area contributed by atoms with E-state index in [1.165, 1.54) is 0 Å². The van der Waals surface area contributed by atoms with E-state index in [1.54, 1.807) is 31.0 Å². The van der Waals surface area contributed by atoms with Crippen LogP contribution in [-0.4, -0.2) is 19.6 Å². The van der Waals surface area contributed by atoms with Crippen LogP contribution in [0.25, 0.3) is 0 Å². The fourth-order valence-electron chi connectivity index (χ4n) is 2.30. The minimum Gasteiger partial charge on any atom is -0.497 e. The summed E-state index contributed by atoms with van der Waals surface area (Å²) in [5.74, 6) is 1.06. The Morgan fingerprint density at radius 2 is 1.65 bits per heavy atom. The Morgan fingerprint density at radius 1 is 0.923 bits per heavy atom. The van der Waals surface area contributed by atoms with E-state index in [2.05, 4.69) is 5.32 Å². The summed E-state index contributed by atoms with van der Waals surface area (Å²) in [7, 11) is 1.59. The second kappa shape index (κ2) is 8.97. The van der Waals surface area contributed by atoms with Gasteiger partial charge in [0.05, 0.1) is 12.8 Å². The molecule has 0 spiro atoms. The summed E-state index contributed by atoms with van der Waals surface area (Å²) in [5.41, 5.74) is 0.764. The number of para-hydroxylation sites is 1. The molecule has 0 saturated heterocycles. The summed E-state index contributed by atoms with van der Waals surface area (Å²) in [6.07, 6.45) is 0. The van der Waals surface area contributed by atoms with Gasteiger partial charge in [-0.2, -0.15) is 0 Å². The number of benzene rings is 3. The Morgan fingerprint density at radius 3 is 2.46 bits per heavy atom. The molecule has 1 amide bonds. The van der Waals surface area contributed by atoms with Crippen molar-refractivity contribution in [2.24, 2.45) is 0 Å². The van der Waals surface area contributed by atoms with Gasteiger partial charge < -0.3 is 14.8 Å². The van der Waals surface area contributed by atoms with Crippen LogP contribution < -0.4 is 14.8 Å². The maximum Gasteiger partial charge on any atom is 0.262 e. The molecule has 1 N–H and O–H groups in total. The number of nitrogens with one attached hydrogen (secondary N) is 1. The molecule has 0 aliphatic carbocycles. The van der Waals surface area contributed by atoms with Gasteiger partial charge in [0.2, 0.25) is 0 Å². The lowest BCUT2D eigenvalue weighted by Crippen LogP contribution is -2.20. The maximum atomic E-state index is 12.3. The van der Waals surface area contributed by atoms with Crippen LogP contribution in [0.1, 0.15) is 0 Å². The van der Waals surface area contributed by atoms with Crippen LogP contribution >= 0.6 is 11.8 Å². The van der Waals surface area contributed by atoms with Gasteiger partial charge >= 0.3 is 0 Å². The molecule has 0 aliphatic heterocycles. The van der Waals surface area contributed by atoms with Crippen LogP contribution in [0.3, 0.4) is 0 Å². The second-order valence-corrected chi connectivity index (χ2v) is 6.54. The predicted molar refractivity (Wildman–Crippen MR) is 104 cm³/mol. The average molecular weight is 365 g/mol. The topological polar surface area (TPSA) is 47.6 Å². The zero-order valence-electron chi connectivity index (χ0n) is 14.3. The van der Waals surface area contributed by atoms with Gasteiger partial charge in [0, 0.05) is 15.9 Å². The molecule has 0 aromatic heterocycles. The molecule has 3 aromatic rings. The van der Waals surface area contributed by atoms with E-state index in [9.17, 15) is 4.79 Å². The lowest BCUT2D eigenvalue weighted by molar-refractivity contribution is -0.118. The van der Waals surface area contributed by atoms with Crippen molar-refractivity contribution < 1.29 is 14.3 Å². The first-order chi connectivity index (χ1) is 12.7. The first kappa shape index (κ1) is 17.9. The van der Waals surface area contributed by atoms with Crippen LogP contribution in [0.2, 0.25) is 0 Å². The third kappa shape index (κ3) is 5.04. The van der Waals surface area contributed by atoms with Crippen LogP contribution in [0.5, 0.6) is 11.5 Å². The molecule has 0 aliphatic rings. The van der Waals surface area contributed by atoms with E-state index < -0.39 is 0 Å². The van der Waals surface area contributed by atoms with Crippen molar-refractivity contribution >= 4 is 23.4 Å². The number of carbonyl (C=O) groups is 1. The number of rotatable bonds is 7. The molecular weight excluding hydrogens is 346 g/mol. The molecule has 26 heavy (non-hydrogen) atoms. The van der Waals surface area contributed by atoms with Crippen LogP contribution in [-0.2, 0) is 4.79 Å². The first-order valence-electron chi connectivity index (χ1n) is 8.13. The number of amides is 1. The van der Waals surface area contributed by atoms with Crippen molar-refractivity contribution in [3.63, 3.8) is 0 Å². The molecule has 0 atom stereocenters. The highest BCUT2D eigenvalue weighted by Crippen LogP contribution is 2.33. The van der Waals surface area contributed by atoms with E-state index in [1.807, 2.05) is 66.7 Å². The lowest BCUT2D eigenvalue weighted by Gasteiger charge is -2.12. The van der Waals surface area contributed by atoms with E-state index in [0.717, 1.165) is 15.5 Å². The maximum absolute atomic E-state index is 12.3. The quantitative estimate of drug-likeness (QED) is 0.649. The zero-order chi connectivity index (χ0) is 18.2. The smallest absolute Gasteiger partial charge is 0.262 e. The van der Waals surface area contributed by atoms with Crippen molar-refractivity contribution in [1.29, 1.82) is 0 Å².